The second-order valence-electron chi connectivity index (χ2n) is 19.9. The summed E-state index contributed by atoms with van der Waals surface area (Å²) in [6.45, 7) is -29.4. The topological polar surface area (TPSA) is 117 Å². The average Bonchev–Trinajstić information content (AvgIpc) is 1.52. The van der Waals surface area contributed by atoms with Gasteiger partial charge in [-0.2, -0.15) is 36.3 Å². The van der Waals surface area contributed by atoms with Crippen LogP contribution in [0.1, 0.15) is 148 Å². The zero-order valence-electron chi connectivity index (χ0n) is 87.4. The standard InChI is InChI=1S/C37H40F4N4O2S.C36H38F4N4O2S/c1-4-43(5-2)18-19-44(22-26-6-10-28(11-7-26)29-12-14-30(15-13-29)37(39,40)41)34(46)23-45-33-21-25(3)20-32(33)35(47)42-36(45)48-24-27-8-16-31(38)17-9-27;1-3-42(4-2)20-21-43(22-25-8-12-27(13-9-25)28-14-16-29(17-15-28)36(38,39)40)33(45)23-44-32-7-5-6-31(32)34(46)41-35(44)47-24-26-10-18-30(37)19-11-26/h6-17,25H,4-5,18-24H2,1-3H3;8-19H,3-7,20-24H2,1-2H3/i4D2,5D2,6D,7D,8D,9D,10D,11D,12D,13D,14D,15D,16D,17D,18D2,19D2,20D2,21D2,24D2,25D;3D2,4D2,20D2,21D2,24D2. The van der Waals surface area contributed by atoms with Gasteiger partial charge in [0.25, 0.3) is 11.1 Å². The molecule has 2 aliphatic carbocycles. The Balaban J connectivity index is 0.000000308. The van der Waals surface area contributed by atoms with E-state index in [1.807, 2.05) is 0 Å². The third-order valence-electron chi connectivity index (χ3n) is 13.6. The van der Waals surface area contributed by atoms with Crippen LogP contribution >= 0.6 is 23.5 Å². The number of likely N-dealkylation sites (N-methyl/N-ethyl adjacent to an activating group) is 2. The van der Waals surface area contributed by atoms with Crippen molar-refractivity contribution >= 4 is 35.3 Å². The maximum Gasteiger partial charge on any atom is 0.416 e. The Kier molecular flexibility index (Phi) is 12.7. The summed E-state index contributed by atoms with van der Waals surface area (Å²) in [6, 6.07) is -2.81. The van der Waals surface area contributed by atoms with Gasteiger partial charge < -0.3 is 28.7 Å². The van der Waals surface area contributed by atoms with Gasteiger partial charge >= 0.3 is 12.4 Å². The second kappa shape index (κ2) is 32.7. The molecule has 0 spiro atoms. The van der Waals surface area contributed by atoms with Crippen molar-refractivity contribution in [2.24, 2.45) is 5.89 Å². The summed E-state index contributed by atoms with van der Waals surface area (Å²) in [5.74, 6) is -8.60. The molecule has 1 unspecified atom stereocenters. The van der Waals surface area contributed by atoms with Gasteiger partial charge in [-0.1, -0.05) is 155 Å². The van der Waals surface area contributed by atoms with E-state index in [2.05, 4.69) is 9.97 Å². The summed E-state index contributed by atoms with van der Waals surface area (Å²) >= 11 is 0.0359. The van der Waals surface area contributed by atoms with E-state index in [9.17, 15) is 52.2 Å². The van der Waals surface area contributed by atoms with Crippen LogP contribution in [-0.4, -0.2) is 102 Å². The highest BCUT2D eigenvalue weighted by molar-refractivity contribution is 7.98. The van der Waals surface area contributed by atoms with Gasteiger partial charge in [-0.05, 0) is 157 Å². The van der Waals surface area contributed by atoms with Crippen LogP contribution in [0.4, 0.5) is 35.1 Å². The molecule has 0 aliphatic heterocycles. The van der Waals surface area contributed by atoms with Crippen LogP contribution in [-0.2, 0) is 85.1 Å². The molecular weight excluding hydrogens is 1270 g/mol. The number of benzene rings is 6. The summed E-state index contributed by atoms with van der Waals surface area (Å²) in [6.07, 6.45) is -15.9. The van der Waals surface area contributed by atoms with Crippen LogP contribution in [0.3, 0.4) is 0 Å². The Hall–Kier alpha value is -7.92. The zero-order chi connectivity index (χ0) is 101. The minimum Gasteiger partial charge on any atom is -0.336 e. The molecule has 502 valence electrons. The highest BCUT2D eigenvalue weighted by Crippen LogP contribution is 2.35. The van der Waals surface area contributed by atoms with Gasteiger partial charge in [0, 0.05) is 102 Å². The van der Waals surface area contributed by atoms with Crippen molar-refractivity contribution < 1.29 is 95.4 Å². The molecule has 1 atom stereocenters. The van der Waals surface area contributed by atoms with E-state index in [4.69, 9.17) is 48.0 Å². The number of aromatic nitrogens is 4. The van der Waals surface area contributed by atoms with Crippen molar-refractivity contribution in [2.45, 2.75) is 127 Å². The number of amides is 2. The molecule has 0 fully saturated rings. The van der Waals surface area contributed by atoms with Gasteiger partial charge in [0.15, 0.2) is 10.3 Å². The molecule has 2 aromatic heterocycles. The summed E-state index contributed by atoms with van der Waals surface area (Å²) in [4.78, 5) is 64.2. The molecule has 0 N–H and O–H groups in total. The molecule has 10 rings (SSSR count). The smallest absolute Gasteiger partial charge is 0.336 e. The molecule has 2 aliphatic rings. The summed E-state index contributed by atoms with van der Waals surface area (Å²) < 4.78 is 429. The van der Waals surface area contributed by atoms with Crippen molar-refractivity contribution in [3.8, 4) is 22.3 Å². The van der Waals surface area contributed by atoms with Crippen molar-refractivity contribution in [3.63, 3.8) is 0 Å². The number of alkyl halides is 6. The van der Waals surface area contributed by atoms with Gasteiger partial charge in [0.1, 0.15) is 24.7 Å². The number of rotatable bonds is 26. The van der Waals surface area contributed by atoms with E-state index >= 15 is 4.79 Å². The van der Waals surface area contributed by atoms with E-state index in [-0.39, 0.29) is 54.0 Å². The lowest BCUT2D eigenvalue weighted by Crippen LogP contribution is -2.40. The van der Waals surface area contributed by atoms with Gasteiger partial charge in [-0.3, -0.25) is 19.2 Å². The molecule has 6 aromatic carbocycles. The first-order valence-corrected chi connectivity index (χ1v) is 29.7. The Labute approximate surface area is 609 Å². The van der Waals surface area contributed by atoms with Gasteiger partial charge in [0.2, 0.25) is 11.8 Å². The van der Waals surface area contributed by atoms with Crippen molar-refractivity contribution in [2.75, 3.05) is 52.0 Å². The first-order valence-electron chi connectivity index (χ1n) is 46.5. The number of nitrogens with zero attached hydrogens (tertiary/aromatic N) is 8. The summed E-state index contributed by atoms with van der Waals surface area (Å²) in [5, 5.41) is -1.54. The largest absolute Gasteiger partial charge is 0.416 e. The molecule has 2 heterocycles. The maximum absolute atomic E-state index is 15.2. The molecule has 0 bridgehead atoms. The fraction of sp³-hybridized carbons (Fsp3) is 0.370. The van der Waals surface area contributed by atoms with E-state index in [1.54, 1.807) is 0 Å². The van der Waals surface area contributed by atoms with E-state index in [0.717, 1.165) is 38.1 Å². The highest BCUT2D eigenvalue weighted by atomic mass is 32.2. The molecule has 0 saturated heterocycles. The van der Waals surface area contributed by atoms with Gasteiger partial charge in [0.05, 0.1) is 33.1 Å². The lowest BCUT2D eigenvalue weighted by atomic mass is 10.0. The molecule has 22 heteroatoms. The van der Waals surface area contributed by atoms with Crippen LogP contribution in [0, 0.1) is 17.5 Å². The van der Waals surface area contributed by atoms with Crippen LogP contribution in [0.5, 0.6) is 0 Å². The second-order valence-corrected chi connectivity index (χ2v) is 21.4. The lowest BCUT2D eigenvalue weighted by molar-refractivity contribution is -0.138. The van der Waals surface area contributed by atoms with Crippen molar-refractivity contribution in [1.29, 1.82) is 0 Å². The van der Waals surface area contributed by atoms with Gasteiger partial charge in [-0.15, -0.1) is 0 Å². The Morgan fingerprint density at radius 1 is 0.537 bits per heavy atom. The SMILES string of the molecule is [2H]C([2H])(Sc1nc(=O)c2c(n1CC(=O)N(Cc1ccc(-c3ccc(C(F)(F)F)cc3)cc1)C([2H])([2H])C([2H])([2H])N(C([2H])([2H])C)C([2H])([2H])C)CCC2)c1ccc(F)cc1.[2H]c1c([2H])c(C([2H])([2H])Sc2nc(=O)c3c(n2CC(=O)N(Cc2c([2H])c([2H])c(-c4c([2H])c([2H])c(C(F)(F)F)c([2H])c4[2H])c([2H])c2[2H])C([2H])([2H])C([2H])([2H])N(C([2H])([2H])C)C([2H])([2H])C)C([2H])([2H])C([2H])(C)C3([2H])[2H])c([2H])c([2H])c1F. The zero-order valence-corrected chi connectivity index (χ0v) is 52.1. The van der Waals surface area contributed by atoms with Crippen LogP contribution in [0.15, 0.2) is 165 Å². The predicted octanol–water partition coefficient (Wildman–Crippen LogP) is 14.7. The average molecular weight is 1380 g/mol. The van der Waals surface area contributed by atoms with Crippen molar-refractivity contribution in [1.82, 2.24) is 38.7 Å². The Morgan fingerprint density at radius 2 is 0.989 bits per heavy atom. The molecule has 95 heavy (non-hydrogen) atoms. The number of carbonyl (C=O) groups excluding carboxylic acids is 2. The quantitative estimate of drug-likeness (QED) is 0.0295. The Morgan fingerprint density at radius 3 is 1.51 bits per heavy atom. The number of hydrogen-bond donors (Lipinski definition) is 0. The number of halogens is 8. The van der Waals surface area contributed by atoms with Gasteiger partial charge in [-0.25, -0.2) is 8.78 Å². The molecule has 2 amide bonds. The maximum atomic E-state index is 15.2. The number of hydrogen-bond acceptors (Lipinski definition) is 10. The predicted molar refractivity (Wildman–Crippen MR) is 358 cm³/mol. The minimum atomic E-state index is -5.48. The number of fused-ring (bicyclic) bond motifs is 2. The van der Waals surface area contributed by atoms with Crippen molar-refractivity contribution in [3.05, 3.63) is 234 Å². The molecule has 0 radical (unpaired) electrons. The third kappa shape index (κ3) is 19.2. The van der Waals surface area contributed by atoms with Crippen LogP contribution in [0.25, 0.3) is 22.3 Å². The van der Waals surface area contributed by atoms with E-state index in [0.29, 0.717) is 60.7 Å². The molecule has 12 nitrogen and oxygen atoms in total. The summed E-state index contributed by atoms with van der Waals surface area (Å²) in [5.41, 5.74) is -16.9. The minimum absolute atomic E-state index is 0.00943. The molecule has 0 saturated carbocycles. The monoisotopic (exact) mass is 1380 g/mol. The first-order chi connectivity index (χ1) is 59.6. The highest BCUT2D eigenvalue weighted by Gasteiger charge is 2.33. The third-order valence-corrected chi connectivity index (χ3v) is 15.2. The normalized spacial score (nSPS) is 22.6. The fourth-order valence-corrected chi connectivity index (χ4v) is 10.3. The number of carbonyl (C=O) groups is 2. The molecular formula is C73H78F8N8O4S2. The Bertz CT molecular complexity index is 5880. The van der Waals surface area contributed by atoms with Crippen LogP contribution < -0.4 is 11.1 Å². The summed E-state index contributed by atoms with van der Waals surface area (Å²) in [7, 11) is 0. The van der Waals surface area contributed by atoms with E-state index < -0.39 is 289 Å². The number of thioether (sulfide) groups is 2. The molecule has 8 aromatic rings. The van der Waals surface area contributed by atoms with E-state index in [1.165, 1.54) is 53.1 Å². The fourth-order valence-electron chi connectivity index (χ4n) is 8.90. The first kappa shape index (κ1) is 37.0. The van der Waals surface area contributed by atoms with Crippen LogP contribution in [0.2, 0.25) is 0 Å². The lowest BCUT2D eigenvalue weighted by Gasteiger charge is -2.28.